The van der Waals surface area contributed by atoms with Gasteiger partial charge in [-0.1, -0.05) is 0 Å². The van der Waals surface area contributed by atoms with Gasteiger partial charge in [0.1, 0.15) is 0 Å². The maximum Gasteiger partial charge on any atom is 0.231 e. The number of carbonyl (C=O) groups is 1. The van der Waals surface area contributed by atoms with Crippen LogP contribution in [0, 0.1) is 5.41 Å². The monoisotopic (exact) mass is 259 g/mol. The molecule has 0 aromatic rings. The lowest BCUT2D eigenvalue weighted by Gasteiger charge is -2.14. The van der Waals surface area contributed by atoms with Gasteiger partial charge in [0.15, 0.2) is 5.90 Å². The molecule has 0 fully saturated rings. The maximum atomic E-state index is 10.5. The first-order valence-corrected chi connectivity index (χ1v) is 4.23. The SMILES string of the molecule is CCOC(=N)CCN(C)CC(N)=O.Cl.Cl. The second-order valence-corrected chi connectivity index (χ2v) is 2.81. The van der Waals surface area contributed by atoms with Gasteiger partial charge in [0.2, 0.25) is 5.91 Å². The van der Waals surface area contributed by atoms with Crippen LogP contribution in [0.25, 0.3) is 0 Å². The Kier molecular flexibility index (Phi) is 15.4. The predicted molar refractivity (Wildman–Crippen MR) is 65.2 cm³/mol. The predicted octanol–water partition coefficient (Wildman–Crippen LogP) is 0.651. The topological polar surface area (TPSA) is 79.4 Å². The summed E-state index contributed by atoms with van der Waals surface area (Å²) in [5.41, 5.74) is 4.99. The minimum Gasteiger partial charge on any atom is -0.481 e. The summed E-state index contributed by atoms with van der Waals surface area (Å²) in [5.74, 6) is -0.107. The molecule has 0 aromatic carbocycles. The molecule has 5 nitrogen and oxygen atoms in total. The lowest BCUT2D eigenvalue weighted by atomic mass is 10.4. The number of nitrogens with one attached hydrogen (secondary N) is 1. The molecule has 0 aliphatic rings. The third-order valence-corrected chi connectivity index (χ3v) is 1.46. The van der Waals surface area contributed by atoms with Crippen molar-refractivity contribution in [1.29, 1.82) is 5.41 Å². The molecule has 0 bridgehead atoms. The minimum atomic E-state index is -0.356. The van der Waals surface area contributed by atoms with Crippen molar-refractivity contribution in [2.45, 2.75) is 13.3 Å². The molecule has 0 aliphatic heterocycles. The zero-order chi connectivity index (χ0) is 10.3. The second-order valence-electron chi connectivity index (χ2n) is 2.81. The van der Waals surface area contributed by atoms with E-state index in [-0.39, 0.29) is 43.2 Å². The van der Waals surface area contributed by atoms with E-state index in [1.165, 1.54) is 0 Å². The van der Waals surface area contributed by atoms with Crippen molar-refractivity contribution in [2.75, 3.05) is 26.7 Å². The number of nitrogens with zero attached hydrogens (tertiary/aromatic N) is 1. The first-order chi connectivity index (χ1) is 6.06. The number of likely N-dealkylation sites (N-methyl/N-ethyl adjacent to an activating group) is 1. The van der Waals surface area contributed by atoms with Crippen molar-refractivity contribution in [3.63, 3.8) is 0 Å². The number of nitrogens with two attached hydrogens (primary N) is 1. The van der Waals surface area contributed by atoms with E-state index < -0.39 is 0 Å². The van der Waals surface area contributed by atoms with Crippen LogP contribution >= 0.6 is 24.8 Å². The summed E-state index contributed by atoms with van der Waals surface area (Å²) in [6, 6.07) is 0. The van der Waals surface area contributed by atoms with Gasteiger partial charge in [-0.05, 0) is 14.0 Å². The fourth-order valence-electron chi connectivity index (χ4n) is 0.884. The quantitative estimate of drug-likeness (QED) is 0.543. The highest BCUT2D eigenvalue weighted by Gasteiger charge is 2.04. The number of rotatable bonds is 6. The number of hydrogen-bond acceptors (Lipinski definition) is 4. The molecule has 0 aliphatic carbocycles. The molecule has 1 amide bonds. The molecular formula is C8H19Cl2N3O2. The van der Waals surface area contributed by atoms with Crippen molar-refractivity contribution in [1.82, 2.24) is 4.90 Å². The summed E-state index contributed by atoms with van der Waals surface area (Å²) < 4.78 is 4.94. The Balaban J connectivity index is -0.000000720. The molecule has 0 unspecified atom stereocenters. The van der Waals surface area contributed by atoms with Gasteiger partial charge in [0.25, 0.3) is 0 Å². The van der Waals surface area contributed by atoms with Crippen molar-refractivity contribution in [2.24, 2.45) is 5.73 Å². The summed E-state index contributed by atoms with van der Waals surface area (Å²) in [6.45, 7) is 3.18. The fraction of sp³-hybridized carbons (Fsp3) is 0.750. The van der Waals surface area contributed by atoms with E-state index in [9.17, 15) is 4.79 Å². The molecule has 3 N–H and O–H groups in total. The first kappa shape index (κ1) is 20.0. The lowest BCUT2D eigenvalue weighted by Crippen LogP contribution is -2.32. The van der Waals surface area contributed by atoms with Crippen LogP contribution in [0.3, 0.4) is 0 Å². The van der Waals surface area contributed by atoms with Crippen LogP contribution in [0.1, 0.15) is 13.3 Å². The molecule has 0 rings (SSSR count). The van der Waals surface area contributed by atoms with E-state index in [1.807, 2.05) is 6.92 Å². The first-order valence-electron chi connectivity index (χ1n) is 4.23. The summed E-state index contributed by atoms with van der Waals surface area (Å²) >= 11 is 0. The molecule has 0 saturated heterocycles. The highest BCUT2D eigenvalue weighted by atomic mass is 35.5. The van der Waals surface area contributed by atoms with Gasteiger partial charge in [0, 0.05) is 13.0 Å². The molecule has 0 heterocycles. The van der Waals surface area contributed by atoms with Gasteiger partial charge in [-0.25, -0.2) is 0 Å². The highest BCUT2D eigenvalue weighted by Crippen LogP contribution is 1.90. The van der Waals surface area contributed by atoms with Gasteiger partial charge in [-0.15, -0.1) is 24.8 Å². The van der Waals surface area contributed by atoms with Crippen LogP contribution in [0.4, 0.5) is 0 Å². The van der Waals surface area contributed by atoms with E-state index in [0.717, 1.165) is 0 Å². The van der Waals surface area contributed by atoms with Gasteiger partial charge >= 0.3 is 0 Å². The molecule has 0 saturated carbocycles. The van der Waals surface area contributed by atoms with Crippen molar-refractivity contribution in [3.05, 3.63) is 0 Å². The Bertz CT molecular complexity index is 191. The normalized spacial score (nSPS) is 8.73. The van der Waals surface area contributed by atoms with E-state index in [0.29, 0.717) is 19.6 Å². The van der Waals surface area contributed by atoms with Gasteiger partial charge in [-0.2, -0.15) is 0 Å². The molecular weight excluding hydrogens is 241 g/mol. The fourth-order valence-corrected chi connectivity index (χ4v) is 0.884. The van der Waals surface area contributed by atoms with Crippen LogP contribution in [-0.4, -0.2) is 43.4 Å². The number of primary amides is 1. The lowest BCUT2D eigenvalue weighted by molar-refractivity contribution is -0.118. The number of hydrogen-bond donors (Lipinski definition) is 2. The van der Waals surface area contributed by atoms with Gasteiger partial charge < -0.3 is 10.5 Å². The number of halogens is 2. The average Bonchev–Trinajstić information content (AvgIpc) is 2.00. The third kappa shape index (κ3) is 13.5. The summed E-state index contributed by atoms with van der Waals surface area (Å²) in [5, 5.41) is 7.30. The smallest absolute Gasteiger partial charge is 0.231 e. The zero-order valence-electron chi connectivity index (χ0n) is 8.99. The second kappa shape index (κ2) is 11.6. The minimum absolute atomic E-state index is 0. The molecule has 7 heteroatoms. The number of carbonyl (C=O) groups excluding carboxylic acids is 1. The largest absolute Gasteiger partial charge is 0.481 e. The Hall–Kier alpha value is -0.520. The highest BCUT2D eigenvalue weighted by molar-refractivity contribution is 5.85. The van der Waals surface area contributed by atoms with E-state index in [1.54, 1.807) is 11.9 Å². The van der Waals surface area contributed by atoms with Crippen LogP contribution in [-0.2, 0) is 9.53 Å². The summed E-state index contributed by atoms with van der Waals surface area (Å²) in [6.07, 6.45) is 0.512. The molecule has 0 aromatic heterocycles. The van der Waals surface area contributed by atoms with E-state index in [2.05, 4.69) is 0 Å². The third-order valence-electron chi connectivity index (χ3n) is 1.46. The Morgan fingerprint density at radius 2 is 2.00 bits per heavy atom. The van der Waals surface area contributed by atoms with E-state index in [4.69, 9.17) is 15.9 Å². The molecule has 92 valence electrons. The summed E-state index contributed by atoms with van der Waals surface area (Å²) in [4.78, 5) is 12.2. The zero-order valence-corrected chi connectivity index (χ0v) is 10.6. The Morgan fingerprint density at radius 1 is 1.47 bits per heavy atom. The van der Waals surface area contributed by atoms with E-state index >= 15 is 0 Å². The van der Waals surface area contributed by atoms with Gasteiger partial charge in [0.05, 0.1) is 13.2 Å². The van der Waals surface area contributed by atoms with Crippen molar-refractivity contribution in [3.8, 4) is 0 Å². The average molecular weight is 260 g/mol. The number of ether oxygens (including phenoxy) is 1. The maximum absolute atomic E-state index is 10.5. The van der Waals surface area contributed by atoms with Crippen molar-refractivity contribution < 1.29 is 9.53 Å². The van der Waals surface area contributed by atoms with Crippen LogP contribution in [0.15, 0.2) is 0 Å². The van der Waals surface area contributed by atoms with Crippen molar-refractivity contribution >= 4 is 36.6 Å². The van der Waals surface area contributed by atoms with Crippen LogP contribution < -0.4 is 5.73 Å². The van der Waals surface area contributed by atoms with Gasteiger partial charge in [-0.3, -0.25) is 15.1 Å². The standard InChI is InChI=1S/C8H17N3O2.2ClH/c1-3-13-8(10)4-5-11(2)6-7(9)12;;/h10H,3-6H2,1-2H3,(H2,9,12);2*1H. The molecule has 0 radical (unpaired) electrons. The molecule has 15 heavy (non-hydrogen) atoms. The Labute approximate surface area is 103 Å². The number of amides is 1. The molecule has 0 spiro atoms. The molecule has 0 atom stereocenters. The summed E-state index contributed by atoms with van der Waals surface area (Å²) in [7, 11) is 1.78. The Morgan fingerprint density at radius 3 is 2.40 bits per heavy atom. The van der Waals surface area contributed by atoms with Crippen LogP contribution in [0.5, 0.6) is 0 Å². The van der Waals surface area contributed by atoms with Crippen LogP contribution in [0.2, 0.25) is 0 Å².